The molecule has 0 fully saturated rings. The second-order valence-electron chi connectivity index (χ2n) is 5.03. The Hall–Kier alpha value is -2.12. The maximum absolute atomic E-state index is 13.3. The van der Waals surface area contributed by atoms with Crippen LogP contribution < -0.4 is 5.32 Å². The fourth-order valence-electron chi connectivity index (χ4n) is 2.36. The summed E-state index contributed by atoms with van der Waals surface area (Å²) in [5.41, 5.74) is 1.97. The van der Waals surface area contributed by atoms with E-state index in [2.05, 4.69) is 11.4 Å². The molecule has 0 amide bonds. The molecule has 2 rings (SSSR count). The summed E-state index contributed by atoms with van der Waals surface area (Å²) in [4.78, 5) is 0. The Labute approximate surface area is 142 Å². The van der Waals surface area contributed by atoms with Crippen molar-refractivity contribution in [2.45, 2.75) is 19.6 Å². The number of hydrogen-bond acceptors (Lipinski definition) is 5. The van der Waals surface area contributed by atoms with Gasteiger partial charge in [0.1, 0.15) is 0 Å². The molecule has 1 unspecified atom stereocenters. The summed E-state index contributed by atoms with van der Waals surface area (Å²) in [7, 11) is -3.47. The molecule has 126 valence electrons. The monoisotopic (exact) mass is 344 g/mol. The molecule has 1 N–H and O–H groups in total. The van der Waals surface area contributed by atoms with Crippen LogP contribution in [0.5, 0.6) is 0 Å². The van der Waals surface area contributed by atoms with Gasteiger partial charge in [-0.2, -0.15) is 5.26 Å². The third kappa shape index (κ3) is 4.46. The number of nitriles is 1. The van der Waals surface area contributed by atoms with Crippen LogP contribution in [0.3, 0.4) is 0 Å². The Kier molecular flexibility index (Phi) is 6.57. The first-order valence-electron chi connectivity index (χ1n) is 7.83. The van der Waals surface area contributed by atoms with Gasteiger partial charge in [-0.05, 0) is 43.7 Å². The number of nitrogens with one attached hydrogen (secondary N) is 1. The van der Waals surface area contributed by atoms with Gasteiger partial charge in [0.15, 0.2) is 5.78 Å². The highest BCUT2D eigenvalue weighted by molar-refractivity contribution is 7.54. The van der Waals surface area contributed by atoms with Gasteiger partial charge in [-0.25, -0.2) is 0 Å². The van der Waals surface area contributed by atoms with E-state index in [0.29, 0.717) is 11.1 Å². The van der Waals surface area contributed by atoms with Gasteiger partial charge in [-0.1, -0.05) is 30.3 Å². The topological polar surface area (TPSA) is 71.3 Å². The van der Waals surface area contributed by atoms with Gasteiger partial charge in [0, 0.05) is 5.69 Å². The normalized spacial score (nSPS) is 12.4. The number of rotatable bonds is 8. The van der Waals surface area contributed by atoms with Gasteiger partial charge >= 0.3 is 7.60 Å². The summed E-state index contributed by atoms with van der Waals surface area (Å²) in [5, 5.41) is 12.4. The minimum Gasteiger partial charge on any atom is -0.368 e. The molecule has 6 heteroatoms. The molecule has 0 aliphatic heterocycles. The number of para-hydroxylation sites is 1. The van der Waals surface area contributed by atoms with Crippen LogP contribution in [0.25, 0.3) is 0 Å². The van der Waals surface area contributed by atoms with Crippen LogP contribution in [-0.2, 0) is 13.6 Å². The number of anilines is 1. The zero-order chi connectivity index (χ0) is 17.4. The number of benzene rings is 2. The molecule has 0 bridgehead atoms. The molecule has 0 spiro atoms. The maximum atomic E-state index is 13.3. The molecule has 0 saturated carbocycles. The number of hydrogen-bond donors (Lipinski definition) is 1. The zero-order valence-corrected chi connectivity index (χ0v) is 14.7. The van der Waals surface area contributed by atoms with E-state index in [1.807, 2.05) is 36.4 Å². The van der Waals surface area contributed by atoms with Gasteiger partial charge in [-0.15, -0.1) is 0 Å². The van der Waals surface area contributed by atoms with Crippen LogP contribution in [0.15, 0.2) is 54.6 Å². The van der Waals surface area contributed by atoms with Gasteiger partial charge in [0.2, 0.25) is 0 Å². The van der Waals surface area contributed by atoms with Crippen LogP contribution in [0, 0.1) is 11.3 Å². The second-order valence-corrected chi connectivity index (χ2v) is 7.14. The van der Waals surface area contributed by atoms with Crippen LogP contribution in [-0.4, -0.2) is 13.2 Å². The molecule has 24 heavy (non-hydrogen) atoms. The predicted octanol–water partition coefficient (Wildman–Crippen LogP) is 4.94. The lowest BCUT2D eigenvalue weighted by Crippen LogP contribution is -2.15. The molecule has 0 heterocycles. The third-order valence-corrected chi connectivity index (χ3v) is 5.64. The van der Waals surface area contributed by atoms with Crippen molar-refractivity contribution in [2.75, 3.05) is 18.5 Å². The minimum atomic E-state index is -3.47. The van der Waals surface area contributed by atoms with Crippen molar-refractivity contribution in [3.05, 3.63) is 65.7 Å². The fraction of sp³-hybridized carbons (Fsp3) is 0.278. The molecule has 0 aliphatic carbocycles. The van der Waals surface area contributed by atoms with Gasteiger partial charge in [0.25, 0.3) is 0 Å². The van der Waals surface area contributed by atoms with E-state index in [9.17, 15) is 4.57 Å². The quantitative estimate of drug-likeness (QED) is 0.687. The van der Waals surface area contributed by atoms with Gasteiger partial charge in [0.05, 0.1) is 24.8 Å². The van der Waals surface area contributed by atoms with Crippen molar-refractivity contribution < 1.29 is 13.6 Å². The molecular weight excluding hydrogens is 323 g/mol. The average molecular weight is 344 g/mol. The van der Waals surface area contributed by atoms with E-state index in [0.717, 1.165) is 5.69 Å². The van der Waals surface area contributed by atoms with E-state index in [4.69, 9.17) is 14.3 Å². The highest BCUT2D eigenvalue weighted by Crippen LogP contribution is 2.60. The zero-order valence-electron chi connectivity index (χ0n) is 13.8. The van der Waals surface area contributed by atoms with E-state index in [-0.39, 0.29) is 13.2 Å². The van der Waals surface area contributed by atoms with Crippen LogP contribution in [0.4, 0.5) is 5.69 Å². The summed E-state index contributed by atoms with van der Waals surface area (Å²) in [6.07, 6.45) is 0. The molecule has 2 aromatic carbocycles. The van der Waals surface area contributed by atoms with Crippen LogP contribution in [0.2, 0.25) is 0 Å². The highest BCUT2D eigenvalue weighted by atomic mass is 31.2. The lowest BCUT2D eigenvalue weighted by Gasteiger charge is -2.28. The SMILES string of the molecule is CCOP(=O)(OCC)C(Nc1ccccc1)c1cccc(C#N)c1. The Bertz CT molecular complexity index is 733. The largest absolute Gasteiger partial charge is 0.368 e. The average Bonchev–Trinajstić information content (AvgIpc) is 2.61. The summed E-state index contributed by atoms with van der Waals surface area (Å²) in [6.45, 7) is 4.08. The van der Waals surface area contributed by atoms with Crippen molar-refractivity contribution in [1.29, 1.82) is 5.26 Å². The molecule has 0 aliphatic rings. The molecule has 5 nitrogen and oxygen atoms in total. The molecule has 1 atom stereocenters. The Balaban J connectivity index is 2.47. The third-order valence-electron chi connectivity index (χ3n) is 3.34. The van der Waals surface area contributed by atoms with Crippen LogP contribution in [0.1, 0.15) is 30.8 Å². The maximum Gasteiger partial charge on any atom is 0.357 e. The smallest absolute Gasteiger partial charge is 0.357 e. The molecule has 0 aromatic heterocycles. The Morgan fingerprint density at radius 1 is 1.08 bits per heavy atom. The molecular formula is C18H21N2O3P. The first kappa shape index (κ1) is 18.2. The second kappa shape index (κ2) is 8.65. The minimum absolute atomic E-state index is 0.266. The van der Waals surface area contributed by atoms with Crippen molar-refractivity contribution in [1.82, 2.24) is 0 Å². The molecule has 0 radical (unpaired) electrons. The lowest BCUT2D eigenvalue weighted by atomic mass is 10.1. The highest BCUT2D eigenvalue weighted by Gasteiger charge is 2.37. The standard InChI is InChI=1S/C18H21N2O3P/c1-3-22-24(21,23-4-2)18(20-17-11-6-5-7-12-17)16-10-8-9-15(13-16)14-19/h5-13,18,20H,3-4H2,1-2H3. The number of nitrogens with zero attached hydrogens (tertiary/aromatic N) is 1. The molecule has 0 saturated heterocycles. The summed E-state index contributed by atoms with van der Waals surface area (Å²) < 4.78 is 24.4. The summed E-state index contributed by atoms with van der Waals surface area (Å²) >= 11 is 0. The molecule has 2 aromatic rings. The van der Waals surface area contributed by atoms with Gasteiger partial charge in [-0.3, -0.25) is 4.57 Å². The van der Waals surface area contributed by atoms with Gasteiger partial charge < -0.3 is 14.4 Å². The first-order chi connectivity index (χ1) is 11.6. The first-order valence-corrected chi connectivity index (χ1v) is 9.44. The van der Waals surface area contributed by atoms with Crippen molar-refractivity contribution >= 4 is 13.3 Å². The van der Waals surface area contributed by atoms with E-state index < -0.39 is 13.4 Å². The van der Waals surface area contributed by atoms with E-state index in [1.54, 1.807) is 32.0 Å². The van der Waals surface area contributed by atoms with E-state index >= 15 is 0 Å². The van der Waals surface area contributed by atoms with Crippen LogP contribution >= 0.6 is 7.60 Å². The fourth-order valence-corrected chi connectivity index (χ4v) is 4.29. The lowest BCUT2D eigenvalue weighted by molar-refractivity contribution is 0.214. The van der Waals surface area contributed by atoms with Crippen molar-refractivity contribution in [2.24, 2.45) is 0 Å². The summed E-state index contributed by atoms with van der Waals surface area (Å²) in [6, 6.07) is 18.5. The van der Waals surface area contributed by atoms with E-state index in [1.165, 1.54) is 0 Å². The Morgan fingerprint density at radius 2 is 1.75 bits per heavy atom. The predicted molar refractivity (Wildman–Crippen MR) is 94.8 cm³/mol. The summed E-state index contributed by atoms with van der Waals surface area (Å²) in [5.74, 6) is -0.701. The Morgan fingerprint density at radius 3 is 2.33 bits per heavy atom. The van der Waals surface area contributed by atoms with Crippen molar-refractivity contribution in [3.8, 4) is 6.07 Å². The van der Waals surface area contributed by atoms with Crippen molar-refractivity contribution in [3.63, 3.8) is 0 Å².